The highest BCUT2D eigenvalue weighted by atomic mass is 16.3. The van der Waals surface area contributed by atoms with Crippen molar-refractivity contribution in [3.05, 3.63) is 449 Å². The summed E-state index contributed by atoms with van der Waals surface area (Å²) in [6, 6.07) is 158. The summed E-state index contributed by atoms with van der Waals surface area (Å²) < 4.78 is 19.0. The normalized spacial score (nSPS) is 11.3. The molecule has 3 aromatic heterocycles. The third kappa shape index (κ3) is 14.6. The van der Waals surface area contributed by atoms with Gasteiger partial charge in [0.2, 0.25) is 0 Å². The smallest absolute Gasteiger partial charge is 0.143 e. The van der Waals surface area contributed by atoms with Crippen molar-refractivity contribution in [2.24, 2.45) is 0 Å². The fourth-order valence-electron chi connectivity index (χ4n) is 16.7. The van der Waals surface area contributed by atoms with E-state index < -0.39 is 0 Å². The summed E-state index contributed by atoms with van der Waals surface area (Å²) in [5.74, 6) is 0. The lowest BCUT2D eigenvalue weighted by molar-refractivity contribution is 0.669. The van der Waals surface area contributed by atoms with E-state index in [2.05, 4.69) is 447 Å². The van der Waals surface area contributed by atoms with E-state index in [9.17, 15) is 0 Å². The number of rotatable bonds is 14. The van der Waals surface area contributed by atoms with Gasteiger partial charge in [-0.3, -0.25) is 0 Å². The molecule has 0 aliphatic carbocycles. The molecule has 0 unspecified atom stereocenters. The molecule has 0 spiro atoms. The van der Waals surface area contributed by atoms with E-state index in [4.69, 9.17) is 13.3 Å². The number of para-hydroxylation sites is 1. The molecule has 566 valence electrons. The Kier molecular flexibility index (Phi) is 18.9. The van der Waals surface area contributed by atoms with Gasteiger partial charge in [-0.1, -0.05) is 322 Å². The van der Waals surface area contributed by atoms with Crippen LogP contribution in [0.3, 0.4) is 0 Å². The Balaban J connectivity index is 0.000000112. The second-order valence-electron chi connectivity index (χ2n) is 30.5. The molecule has 0 fully saturated rings. The average Bonchev–Trinajstić information content (AvgIpc) is 1.61. The van der Waals surface area contributed by atoms with Crippen molar-refractivity contribution >= 4 is 132 Å². The molecule has 0 radical (unpaired) electrons. The first-order valence-electron chi connectivity index (χ1n) is 40.7. The number of benzene rings is 20. The Bertz CT molecular complexity index is 7670. The van der Waals surface area contributed by atoms with Gasteiger partial charge < -0.3 is 29.2 Å². The lowest BCUT2D eigenvalue weighted by Crippen LogP contribution is -1.91. The van der Waals surface area contributed by atoms with Crippen LogP contribution >= 0.6 is 0 Å². The highest BCUT2D eigenvalue weighted by Crippen LogP contribution is 2.43. The minimum Gasteiger partial charge on any atom is -0.456 e. The van der Waals surface area contributed by atoms with Crippen LogP contribution in [-0.4, -0.2) is 0 Å². The first-order chi connectivity index (χ1) is 59.4. The van der Waals surface area contributed by atoms with Crippen LogP contribution in [0.4, 0.5) is 34.1 Å². The highest BCUT2D eigenvalue weighted by Gasteiger charge is 2.18. The van der Waals surface area contributed by atoms with Gasteiger partial charge in [0.15, 0.2) is 0 Å². The van der Waals surface area contributed by atoms with E-state index in [-0.39, 0.29) is 0 Å². The number of hydrogen-bond donors (Lipinski definition) is 3. The quantitative estimate of drug-likeness (QED) is 0.101. The molecule has 3 heterocycles. The molecule has 0 aliphatic rings. The van der Waals surface area contributed by atoms with Gasteiger partial charge in [-0.05, 0) is 238 Å². The number of anilines is 6. The summed E-state index contributed by atoms with van der Waals surface area (Å²) in [7, 11) is 0. The van der Waals surface area contributed by atoms with Crippen LogP contribution in [0.15, 0.2) is 462 Å². The number of fused-ring (bicyclic) bond motifs is 14. The van der Waals surface area contributed by atoms with Crippen molar-refractivity contribution in [2.45, 2.75) is 0 Å². The van der Waals surface area contributed by atoms with Gasteiger partial charge in [0, 0.05) is 77.4 Å². The van der Waals surface area contributed by atoms with Crippen molar-refractivity contribution < 1.29 is 13.3 Å². The van der Waals surface area contributed by atoms with Gasteiger partial charge in [0.05, 0.1) is 0 Å². The molecule has 0 atom stereocenters. The van der Waals surface area contributed by atoms with Gasteiger partial charge in [-0.2, -0.15) is 0 Å². The predicted molar refractivity (Wildman–Crippen MR) is 506 cm³/mol. The Morgan fingerprint density at radius 2 is 0.483 bits per heavy atom. The molecule has 20 aromatic carbocycles. The van der Waals surface area contributed by atoms with E-state index in [1.54, 1.807) is 0 Å². The summed E-state index contributed by atoms with van der Waals surface area (Å²) in [5, 5.41) is 24.8. The SMILES string of the molecule is c1ccc(-c2ccc(-c3cccc(Nc4ccc(-c5ccc6c(c5)oc5ccc7ccccc7c56)cc4)c3)cc2)cc1.c1ccc(-c2ccc(Nc3ccc(-c4ccc5oc6c7ccccc7ccc6c5c4)cc3)cc2)cc1.c1ccc(-c2ccc(Nc3ccc(-c4cccc(-c5cccc6c5oc5cc7ccccc7cc56)c4)cc3)cc2)cc1. The van der Waals surface area contributed by atoms with E-state index >= 15 is 0 Å². The van der Waals surface area contributed by atoms with Crippen LogP contribution in [-0.2, 0) is 0 Å². The summed E-state index contributed by atoms with van der Waals surface area (Å²) in [4.78, 5) is 0. The van der Waals surface area contributed by atoms with Crippen LogP contribution < -0.4 is 16.0 Å². The van der Waals surface area contributed by atoms with Crippen molar-refractivity contribution in [3.8, 4) is 89.0 Å². The summed E-state index contributed by atoms with van der Waals surface area (Å²) in [5.41, 5.74) is 30.9. The maximum Gasteiger partial charge on any atom is 0.143 e. The van der Waals surface area contributed by atoms with Crippen molar-refractivity contribution in [3.63, 3.8) is 0 Å². The summed E-state index contributed by atoms with van der Waals surface area (Å²) in [6.07, 6.45) is 0. The monoisotopic (exact) mass is 1540 g/mol. The van der Waals surface area contributed by atoms with Crippen molar-refractivity contribution in [1.29, 1.82) is 0 Å². The molecule has 0 bridgehead atoms. The molecular formula is C114H77N3O3. The topological polar surface area (TPSA) is 75.5 Å². The first kappa shape index (κ1) is 71.7. The highest BCUT2D eigenvalue weighted by molar-refractivity contribution is 6.20. The standard InChI is InChI=1S/2C40H27NO.C34H23NO/c1-2-8-27(9-3-1)28-16-20-34(21-17-28)41-35-22-18-29(19-23-35)30-12-6-13-33(24-30)36-14-7-15-37-38-25-31-10-4-5-11-32(31)26-39(38)42-40(36)37;1-2-7-27(8-3-1)28-13-15-29(16-14-28)32-10-6-11-35(25-32)41-34-21-17-30(18-22-34)33-19-23-37-39(26-33)42-38-24-20-31-9-4-5-12-36(31)40(37)38;1-2-6-23(7-3-1)24-10-16-28(17-11-24)35-29-18-12-25(13-19-29)27-15-21-33-32(22-27)31-20-14-26-8-4-5-9-30(26)34(31)36-33/h2*1-26,41H;1-22,35H. The van der Waals surface area contributed by atoms with Crippen LogP contribution in [0.2, 0.25) is 0 Å². The van der Waals surface area contributed by atoms with Gasteiger partial charge in [0.1, 0.15) is 33.5 Å². The van der Waals surface area contributed by atoms with Gasteiger partial charge in [-0.15, -0.1) is 0 Å². The fourth-order valence-corrected chi connectivity index (χ4v) is 16.7. The molecule has 23 aromatic rings. The molecule has 0 saturated carbocycles. The van der Waals surface area contributed by atoms with Gasteiger partial charge in [-0.25, -0.2) is 0 Å². The van der Waals surface area contributed by atoms with Gasteiger partial charge in [0.25, 0.3) is 0 Å². The zero-order valence-corrected chi connectivity index (χ0v) is 65.4. The average molecular weight is 1540 g/mol. The zero-order chi connectivity index (χ0) is 79.7. The van der Waals surface area contributed by atoms with Gasteiger partial charge >= 0.3 is 0 Å². The molecule has 0 amide bonds. The molecule has 3 N–H and O–H groups in total. The van der Waals surface area contributed by atoms with E-state index in [1.165, 1.54) is 99.1 Å². The molecule has 6 heteroatoms. The van der Waals surface area contributed by atoms with Crippen LogP contribution in [0.25, 0.3) is 187 Å². The Hall–Kier alpha value is -16.0. The number of hydrogen-bond acceptors (Lipinski definition) is 6. The van der Waals surface area contributed by atoms with Crippen molar-refractivity contribution in [1.82, 2.24) is 0 Å². The molecular weight excluding hydrogens is 1460 g/mol. The van der Waals surface area contributed by atoms with E-state index in [0.717, 1.165) is 122 Å². The Morgan fingerprint density at radius 3 is 1.05 bits per heavy atom. The molecule has 120 heavy (non-hydrogen) atoms. The molecule has 23 rings (SSSR count). The third-order valence-electron chi connectivity index (χ3n) is 23.0. The van der Waals surface area contributed by atoms with E-state index in [0.29, 0.717) is 0 Å². The fraction of sp³-hybridized carbons (Fsp3) is 0. The number of nitrogens with one attached hydrogen (secondary N) is 3. The minimum absolute atomic E-state index is 0.912. The summed E-state index contributed by atoms with van der Waals surface area (Å²) >= 11 is 0. The third-order valence-corrected chi connectivity index (χ3v) is 23.0. The van der Waals surface area contributed by atoms with Crippen LogP contribution in [0, 0.1) is 0 Å². The molecule has 0 saturated heterocycles. The maximum absolute atomic E-state index is 6.49. The van der Waals surface area contributed by atoms with Crippen molar-refractivity contribution in [2.75, 3.05) is 16.0 Å². The minimum atomic E-state index is 0.912. The lowest BCUT2D eigenvalue weighted by atomic mass is 9.97. The molecule has 6 nitrogen and oxygen atoms in total. The second kappa shape index (κ2) is 31.6. The Labute approximate surface area is 694 Å². The van der Waals surface area contributed by atoms with Crippen LogP contribution in [0.5, 0.6) is 0 Å². The van der Waals surface area contributed by atoms with E-state index in [1.807, 2.05) is 18.2 Å². The zero-order valence-electron chi connectivity index (χ0n) is 65.4. The predicted octanol–water partition coefficient (Wildman–Crippen LogP) is 32.8. The second-order valence-corrected chi connectivity index (χ2v) is 30.5. The largest absolute Gasteiger partial charge is 0.456 e. The molecule has 0 aliphatic heterocycles. The first-order valence-corrected chi connectivity index (χ1v) is 40.7. The Morgan fingerprint density at radius 1 is 0.142 bits per heavy atom. The van der Waals surface area contributed by atoms with Crippen LogP contribution in [0.1, 0.15) is 0 Å². The number of furan rings is 3. The summed E-state index contributed by atoms with van der Waals surface area (Å²) in [6.45, 7) is 0. The maximum atomic E-state index is 6.49. The lowest BCUT2D eigenvalue weighted by Gasteiger charge is -2.10.